The third-order valence-electron chi connectivity index (χ3n) is 3.22. The first-order valence-electron chi connectivity index (χ1n) is 6.13. The van der Waals surface area contributed by atoms with Crippen LogP contribution >= 0.6 is 0 Å². The largest absolute Gasteiger partial charge is 0.417 e. The van der Waals surface area contributed by atoms with E-state index in [1.165, 1.54) is 12.1 Å². The zero-order chi connectivity index (χ0) is 15.0. The monoisotopic (exact) mass is 308 g/mol. The second kappa shape index (κ2) is 5.34. The molecule has 1 unspecified atom stereocenters. The Kier molecular flexibility index (Phi) is 4.08. The molecule has 0 spiro atoms. The lowest BCUT2D eigenvalue weighted by atomic mass is 10.2. The van der Waals surface area contributed by atoms with Gasteiger partial charge in [-0.3, -0.25) is 0 Å². The first-order chi connectivity index (χ1) is 9.24. The third-order valence-corrected chi connectivity index (χ3v) is 5.29. The lowest BCUT2D eigenvalue weighted by molar-refractivity contribution is -0.139. The van der Waals surface area contributed by atoms with Gasteiger partial charge in [0.15, 0.2) is 0 Å². The molecule has 0 aromatic heterocycles. The Morgan fingerprint density at radius 2 is 1.95 bits per heavy atom. The molecule has 0 amide bonds. The zero-order valence-electron chi connectivity index (χ0n) is 10.8. The molecule has 0 radical (unpaired) electrons. The van der Waals surface area contributed by atoms with Gasteiger partial charge in [-0.2, -0.15) is 17.5 Å². The second-order valence-corrected chi connectivity index (χ2v) is 6.52. The number of nitrogens with one attached hydrogen (secondary N) is 1. The topological polar surface area (TPSA) is 49.4 Å². The number of nitrogens with zero attached hydrogens (tertiary/aromatic N) is 1. The van der Waals surface area contributed by atoms with Gasteiger partial charge in [0.05, 0.1) is 10.5 Å². The van der Waals surface area contributed by atoms with Crippen LogP contribution in [0.5, 0.6) is 0 Å². The van der Waals surface area contributed by atoms with Gasteiger partial charge in [0.25, 0.3) is 0 Å². The summed E-state index contributed by atoms with van der Waals surface area (Å²) in [5, 5.41) is 3.00. The highest BCUT2D eigenvalue weighted by Gasteiger charge is 2.40. The molecule has 1 aliphatic rings. The fourth-order valence-electron chi connectivity index (χ4n) is 2.23. The fourth-order valence-corrected chi connectivity index (χ4v) is 4.08. The Bertz CT molecular complexity index is 587. The molecule has 0 aliphatic carbocycles. The van der Waals surface area contributed by atoms with Crippen LogP contribution in [0.4, 0.5) is 13.2 Å². The van der Waals surface area contributed by atoms with Crippen molar-refractivity contribution in [2.75, 3.05) is 19.6 Å². The van der Waals surface area contributed by atoms with E-state index in [1.807, 2.05) is 0 Å². The molecule has 1 aliphatic heterocycles. The molecule has 1 N–H and O–H groups in total. The maximum Gasteiger partial charge on any atom is 0.417 e. The van der Waals surface area contributed by atoms with Gasteiger partial charge in [-0.15, -0.1) is 0 Å². The number of hydrogen-bond acceptors (Lipinski definition) is 3. The summed E-state index contributed by atoms with van der Waals surface area (Å²) in [5.74, 6) is 0. The standard InChI is InChI=1S/C12H15F3N2O2S/c1-9-8-16-6-7-17(9)20(18,19)11-5-3-2-4-10(11)12(13,14)15/h2-5,9,16H,6-8H2,1H3. The minimum absolute atomic E-state index is 0.162. The van der Waals surface area contributed by atoms with Gasteiger partial charge in [0, 0.05) is 25.7 Å². The Morgan fingerprint density at radius 1 is 1.30 bits per heavy atom. The van der Waals surface area contributed by atoms with E-state index in [0.29, 0.717) is 13.1 Å². The normalized spacial score (nSPS) is 21.9. The van der Waals surface area contributed by atoms with E-state index in [1.54, 1.807) is 6.92 Å². The molecule has 0 bridgehead atoms. The van der Waals surface area contributed by atoms with Crippen molar-refractivity contribution in [2.45, 2.75) is 24.0 Å². The molecule has 20 heavy (non-hydrogen) atoms. The SMILES string of the molecule is CC1CNCCN1S(=O)(=O)c1ccccc1C(F)(F)F. The lowest BCUT2D eigenvalue weighted by Crippen LogP contribution is -2.52. The summed E-state index contributed by atoms with van der Waals surface area (Å²) in [7, 11) is -4.15. The first kappa shape index (κ1) is 15.3. The Balaban J connectivity index is 2.50. The third kappa shape index (κ3) is 2.82. The van der Waals surface area contributed by atoms with Gasteiger partial charge in [0.1, 0.15) is 0 Å². The molecule has 112 valence electrons. The minimum atomic E-state index is -4.69. The molecule has 1 heterocycles. The highest BCUT2D eigenvalue weighted by Crippen LogP contribution is 2.35. The number of alkyl halides is 3. The number of sulfonamides is 1. The Morgan fingerprint density at radius 3 is 2.55 bits per heavy atom. The van der Waals surface area contributed by atoms with Crippen LogP contribution in [-0.4, -0.2) is 38.4 Å². The minimum Gasteiger partial charge on any atom is -0.314 e. The number of halogens is 3. The Labute approximate surface area is 115 Å². The van der Waals surface area contributed by atoms with E-state index in [9.17, 15) is 21.6 Å². The van der Waals surface area contributed by atoms with Crippen molar-refractivity contribution in [1.82, 2.24) is 9.62 Å². The van der Waals surface area contributed by atoms with Gasteiger partial charge in [-0.25, -0.2) is 8.42 Å². The molecular formula is C12H15F3N2O2S. The Hall–Kier alpha value is -1.12. The van der Waals surface area contributed by atoms with E-state index < -0.39 is 26.7 Å². The molecule has 1 aromatic rings. The van der Waals surface area contributed by atoms with Gasteiger partial charge in [-0.1, -0.05) is 12.1 Å². The number of benzene rings is 1. The van der Waals surface area contributed by atoms with Gasteiger partial charge in [0.2, 0.25) is 10.0 Å². The van der Waals surface area contributed by atoms with E-state index in [-0.39, 0.29) is 12.6 Å². The number of hydrogen-bond donors (Lipinski definition) is 1. The van der Waals surface area contributed by atoms with Crippen LogP contribution < -0.4 is 5.32 Å². The molecule has 4 nitrogen and oxygen atoms in total. The first-order valence-corrected chi connectivity index (χ1v) is 7.57. The van der Waals surface area contributed by atoms with Crippen molar-refractivity contribution in [3.05, 3.63) is 29.8 Å². The summed E-state index contributed by atoms with van der Waals surface area (Å²) < 4.78 is 64.9. The second-order valence-electron chi connectivity index (χ2n) is 4.66. The maximum atomic E-state index is 12.9. The van der Waals surface area contributed by atoms with Crippen molar-refractivity contribution in [3.63, 3.8) is 0 Å². The summed E-state index contributed by atoms with van der Waals surface area (Å²) >= 11 is 0. The van der Waals surface area contributed by atoms with Gasteiger partial charge >= 0.3 is 6.18 Å². The highest BCUT2D eigenvalue weighted by atomic mass is 32.2. The van der Waals surface area contributed by atoms with Crippen molar-refractivity contribution >= 4 is 10.0 Å². The molecule has 1 saturated heterocycles. The van der Waals surface area contributed by atoms with Crippen molar-refractivity contribution in [3.8, 4) is 0 Å². The summed E-state index contributed by atoms with van der Waals surface area (Å²) in [6.07, 6.45) is -4.69. The maximum absolute atomic E-state index is 12.9. The molecule has 1 fully saturated rings. The van der Waals surface area contributed by atoms with E-state index in [4.69, 9.17) is 0 Å². The van der Waals surface area contributed by atoms with Crippen LogP contribution in [0.15, 0.2) is 29.2 Å². The van der Waals surface area contributed by atoms with Crippen molar-refractivity contribution in [2.24, 2.45) is 0 Å². The van der Waals surface area contributed by atoms with Crippen LogP contribution in [0.2, 0.25) is 0 Å². The average Bonchev–Trinajstić information content (AvgIpc) is 2.38. The predicted octanol–water partition coefficient (Wildman–Crippen LogP) is 1.69. The van der Waals surface area contributed by atoms with Crippen LogP contribution in [0.3, 0.4) is 0 Å². The quantitative estimate of drug-likeness (QED) is 0.904. The van der Waals surface area contributed by atoms with Crippen LogP contribution in [0.1, 0.15) is 12.5 Å². The summed E-state index contributed by atoms with van der Waals surface area (Å²) in [6, 6.07) is 3.90. The lowest BCUT2D eigenvalue weighted by Gasteiger charge is -2.33. The van der Waals surface area contributed by atoms with Crippen molar-refractivity contribution in [1.29, 1.82) is 0 Å². The summed E-state index contributed by atoms with van der Waals surface area (Å²) in [5.41, 5.74) is -1.12. The van der Waals surface area contributed by atoms with E-state index in [2.05, 4.69) is 5.32 Å². The van der Waals surface area contributed by atoms with Crippen LogP contribution in [0, 0.1) is 0 Å². The van der Waals surface area contributed by atoms with Crippen LogP contribution in [-0.2, 0) is 16.2 Å². The molecular weight excluding hydrogens is 293 g/mol. The van der Waals surface area contributed by atoms with Gasteiger partial charge < -0.3 is 5.32 Å². The van der Waals surface area contributed by atoms with Gasteiger partial charge in [-0.05, 0) is 19.1 Å². The van der Waals surface area contributed by atoms with Crippen LogP contribution in [0.25, 0.3) is 0 Å². The fraction of sp³-hybridized carbons (Fsp3) is 0.500. The van der Waals surface area contributed by atoms with Crippen molar-refractivity contribution < 1.29 is 21.6 Å². The predicted molar refractivity (Wildman–Crippen MR) is 67.7 cm³/mol. The zero-order valence-corrected chi connectivity index (χ0v) is 11.6. The average molecular weight is 308 g/mol. The summed E-state index contributed by atoms with van der Waals surface area (Å²) in [6.45, 7) is 2.68. The highest BCUT2D eigenvalue weighted by molar-refractivity contribution is 7.89. The van der Waals surface area contributed by atoms with E-state index >= 15 is 0 Å². The smallest absolute Gasteiger partial charge is 0.314 e. The van der Waals surface area contributed by atoms with E-state index in [0.717, 1.165) is 16.4 Å². The molecule has 1 atom stereocenters. The molecule has 0 saturated carbocycles. The molecule has 2 rings (SSSR count). The molecule has 8 heteroatoms. The number of piperazine rings is 1. The molecule has 1 aromatic carbocycles. The number of rotatable bonds is 2. The summed E-state index contributed by atoms with van der Waals surface area (Å²) in [4.78, 5) is -0.679.